The van der Waals surface area contributed by atoms with E-state index in [0.29, 0.717) is 159 Å². The average Bonchev–Trinajstić information content (AvgIpc) is 1.62. The summed E-state index contributed by atoms with van der Waals surface area (Å²) in [5.74, 6) is -0.272. The quantitative estimate of drug-likeness (QED) is 0.0374. The highest BCUT2D eigenvalue weighted by Crippen LogP contribution is 2.45. The Morgan fingerprint density at radius 3 is 1.64 bits per heavy atom. The topological polar surface area (TPSA) is 284 Å². The van der Waals surface area contributed by atoms with E-state index >= 15 is 0 Å². The van der Waals surface area contributed by atoms with E-state index in [1.807, 2.05) is 85.3 Å². The van der Waals surface area contributed by atoms with Gasteiger partial charge in [-0.25, -0.2) is 0 Å². The zero-order valence-electron chi connectivity index (χ0n) is 58.6. The number of carbonyl (C=O) groups is 8. The van der Waals surface area contributed by atoms with Crippen molar-refractivity contribution in [1.82, 2.24) is 25.3 Å². The maximum absolute atomic E-state index is 14.2. The molecule has 25 nitrogen and oxygen atoms in total. The lowest BCUT2D eigenvalue weighted by molar-refractivity contribution is -0.137. The first-order valence-corrected chi connectivity index (χ1v) is 35.4. The van der Waals surface area contributed by atoms with Crippen molar-refractivity contribution < 1.29 is 90.5 Å². The van der Waals surface area contributed by atoms with Crippen molar-refractivity contribution in [2.45, 2.75) is 123 Å². The molecule has 0 aromatic heterocycles. The average molecular weight is 1390 g/mol. The molecule has 3 N–H and O–H groups in total. The number of benzene rings is 3. The maximum Gasteiger partial charge on any atom is 0.258 e. The molecule has 4 atom stereocenters. The summed E-state index contributed by atoms with van der Waals surface area (Å²) in [4.78, 5) is 107. The normalized spacial score (nSPS) is 17.6. The van der Waals surface area contributed by atoms with Crippen molar-refractivity contribution in [3.63, 3.8) is 0 Å². The molecule has 5 aliphatic heterocycles. The number of ether oxygens (including phenoxy) is 11. The molecule has 100 heavy (non-hydrogen) atoms. The molecule has 7 amide bonds. The Labute approximate surface area is 586 Å². The van der Waals surface area contributed by atoms with Crippen LogP contribution in [0.15, 0.2) is 78.7 Å². The second-order valence-corrected chi connectivity index (χ2v) is 26.2. The first-order chi connectivity index (χ1) is 48.5. The third-order valence-corrected chi connectivity index (χ3v) is 18.4. The van der Waals surface area contributed by atoms with E-state index in [-0.39, 0.29) is 92.3 Å². The van der Waals surface area contributed by atoms with Gasteiger partial charge in [-0.15, -0.1) is 0 Å². The van der Waals surface area contributed by atoms with E-state index in [1.165, 1.54) is 30.6 Å². The molecule has 1 saturated carbocycles. The largest absolute Gasteiger partial charge is 0.493 e. The number of fused-ring (bicyclic) bond motifs is 4. The number of aryl methyl sites for hydroxylation is 3. The molecule has 9 rings (SSSR count). The standard InChI is InChI=1S/C75H100N6O19/c1-50(2)72(78-69(84)20-25-91-27-29-93-31-33-95-35-37-97-39-40-98-38-36-96-34-32-94-30-28-92-26-21-76-68(83)19-22-79-70(85)17-18-71(79)86)64(82)42-52(4)73(87)77-59-13-9-54(10-14-59)58-44-60-15-11-55-45-65(51(3)41-62(55)74(88)80(60)49-58)99-23-6-24-100-67-46-56-12-16-61-43-57(53-7-8-53)48-81(61)75(89)63(56)47-66(67)90-5/h9-10,13-14,17-18,41,45-50,52-53,60-61,72H,6-8,11-12,15-16,19-40,42-44H2,1-5H3,(H,76,83)(H,77,87)(H,78,84)/t52-,60-,61-,72+/m1/s1. The summed E-state index contributed by atoms with van der Waals surface area (Å²) in [5.41, 5.74) is 8.17. The molecule has 0 spiro atoms. The number of anilines is 1. The van der Waals surface area contributed by atoms with Crippen molar-refractivity contribution in [1.29, 1.82) is 0 Å². The molecular weight excluding hydrogens is 1290 g/mol. The van der Waals surface area contributed by atoms with Gasteiger partial charge in [-0.05, 0) is 140 Å². The number of imide groups is 1. The van der Waals surface area contributed by atoms with Gasteiger partial charge < -0.3 is 77.9 Å². The van der Waals surface area contributed by atoms with Gasteiger partial charge in [-0.2, -0.15) is 0 Å². The van der Waals surface area contributed by atoms with Crippen molar-refractivity contribution in [3.8, 4) is 17.2 Å². The molecule has 0 unspecified atom stereocenters. The molecule has 3 aromatic rings. The lowest BCUT2D eigenvalue weighted by Crippen LogP contribution is -2.45. The van der Waals surface area contributed by atoms with E-state index in [2.05, 4.69) is 22.2 Å². The first-order valence-electron chi connectivity index (χ1n) is 35.4. The Kier molecular flexibility index (Phi) is 30.0. The van der Waals surface area contributed by atoms with Gasteiger partial charge in [0.15, 0.2) is 17.3 Å². The highest BCUT2D eigenvalue weighted by Gasteiger charge is 2.40. The molecule has 0 bridgehead atoms. The summed E-state index contributed by atoms with van der Waals surface area (Å²) < 4.78 is 62.4. The Balaban J connectivity index is 0.563. The number of hydrogen-bond donors (Lipinski definition) is 3. The first kappa shape index (κ1) is 76.3. The van der Waals surface area contributed by atoms with E-state index < -0.39 is 23.8 Å². The Morgan fingerprint density at radius 2 is 1.08 bits per heavy atom. The predicted molar refractivity (Wildman–Crippen MR) is 370 cm³/mol. The molecule has 1 fully saturated rings. The van der Waals surface area contributed by atoms with Gasteiger partial charge in [0.2, 0.25) is 17.7 Å². The highest BCUT2D eigenvalue weighted by atomic mass is 16.6. The molecule has 25 heteroatoms. The van der Waals surface area contributed by atoms with E-state index in [4.69, 9.17) is 52.1 Å². The van der Waals surface area contributed by atoms with Crippen LogP contribution in [-0.4, -0.2) is 219 Å². The van der Waals surface area contributed by atoms with Gasteiger partial charge in [0, 0.05) is 98.1 Å². The van der Waals surface area contributed by atoms with Crippen LogP contribution in [0.2, 0.25) is 0 Å². The van der Waals surface area contributed by atoms with Crippen molar-refractivity contribution >= 4 is 58.4 Å². The Morgan fingerprint density at radius 1 is 0.560 bits per heavy atom. The van der Waals surface area contributed by atoms with Gasteiger partial charge in [0.05, 0.1) is 132 Å². The van der Waals surface area contributed by atoms with Crippen LogP contribution in [-0.2, 0) is 79.5 Å². The number of nitrogens with zero attached hydrogens (tertiary/aromatic N) is 3. The van der Waals surface area contributed by atoms with E-state index in [0.717, 1.165) is 70.6 Å². The van der Waals surface area contributed by atoms with Crippen LogP contribution in [0.5, 0.6) is 17.2 Å². The van der Waals surface area contributed by atoms with Crippen LogP contribution in [0.1, 0.15) is 128 Å². The van der Waals surface area contributed by atoms with Crippen LogP contribution >= 0.6 is 0 Å². The number of ketones is 1. The van der Waals surface area contributed by atoms with Crippen molar-refractivity contribution in [2.24, 2.45) is 17.8 Å². The smallest absolute Gasteiger partial charge is 0.258 e. The Bertz CT molecular complexity index is 3370. The number of carbonyl (C=O) groups excluding carboxylic acids is 8. The number of hydrogen-bond acceptors (Lipinski definition) is 19. The summed E-state index contributed by atoms with van der Waals surface area (Å²) in [6.07, 6.45) is 14.4. The summed E-state index contributed by atoms with van der Waals surface area (Å²) in [5, 5.41) is 8.47. The number of methoxy groups -OCH3 is 1. The van der Waals surface area contributed by atoms with Crippen LogP contribution < -0.4 is 30.2 Å². The minimum absolute atomic E-state index is 0.00664. The zero-order valence-corrected chi connectivity index (χ0v) is 58.6. The van der Waals surface area contributed by atoms with Crippen LogP contribution in [0.25, 0.3) is 5.57 Å². The monoisotopic (exact) mass is 1390 g/mol. The maximum atomic E-state index is 14.2. The number of rotatable bonds is 46. The highest BCUT2D eigenvalue weighted by molar-refractivity contribution is 6.13. The van der Waals surface area contributed by atoms with E-state index in [9.17, 15) is 38.4 Å². The molecule has 5 heterocycles. The third kappa shape index (κ3) is 22.8. The summed E-state index contributed by atoms with van der Waals surface area (Å²) in [6.45, 7) is 14.3. The lowest BCUT2D eigenvalue weighted by atomic mass is 9.92. The van der Waals surface area contributed by atoms with Gasteiger partial charge in [0.25, 0.3) is 23.6 Å². The number of Topliss-reactive ketones (excluding diaryl/α,β-unsaturated/α-hetero) is 1. The molecule has 0 radical (unpaired) electrons. The summed E-state index contributed by atoms with van der Waals surface area (Å²) in [6, 6.07) is 14.7. The fraction of sp³-hybridized carbons (Fsp3) is 0.573. The summed E-state index contributed by atoms with van der Waals surface area (Å²) >= 11 is 0. The van der Waals surface area contributed by atoms with Crippen LogP contribution in [0.4, 0.5) is 5.69 Å². The fourth-order valence-corrected chi connectivity index (χ4v) is 12.6. The molecule has 544 valence electrons. The molecule has 1 aliphatic carbocycles. The second kappa shape index (κ2) is 39.4. The predicted octanol–water partition coefficient (Wildman–Crippen LogP) is 7.14. The van der Waals surface area contributed by atoms with Gasteiger partial charge in [-0.3, -0.25) is 43.3 Å². The molecule has 0 saturated heterocycles. The second-order valence-electron chi connectivity index (χ2n) is 26.2. The van der Waals surface area contributed by atoms with Crippen LogP contribution in [0, 0.1) is 24.7 Å². The van der Waals surface area contributed by atoms with Gasteiger partial charge in [0.1, 0.15) is 5.75 Å². The lowest BCUT2D eigenvalue weighted by Gasteiger charge is -2.23. The number of nitrogens with one attached hydrogen (secondary N) is 3. The van der Waals surface area contributed by atoms with Gasteiger partial charge in [-0.1, -0.05) is 32.9 Å². The van der Waals surface area contributed by atoms with Crippen molar-refractivity contribution in [3.05, 3.63) is 112 Å². The fourth-order valence-electron chi connectivity index (χ4n) is 12.6. The summed E-state index contributed by atoms with van der Waals surface area (Å²) in [7, 11) is 1.60. The SMILES string of the molecule is COc1cc2c(cc1OCCCOc1cc3c(cc1C)C(=O)N1C=C(c4ccc(NC(=O)[C@H](C)CC(=O)[C@@H](NC(=O)CCOCCOCCOCCOCCOCCOCCOCCOCCNC(=O)CCN5C(=O)C=CC5=O)C(C)C)cc4)C[C@H]1CC3)CC[C@@H]1CC(C3CC3)=CN1C2=O. The third-order valence-electron chi connectivity index (χ3n) is 18.4. The molecule has 3 aromatic carbocycles. The number of amides is 7. The minimum atomic E-state index is -0.769. The molecular formula is C75H100N6O19. The van der Waals surface area contributed by atoms with E-state index in [1.54, 1.807) is 14.0 Å². The minimum Gasteiger partial charge on any atom is -0.493 e. The van der Waals surface area contributed by atoms with Gasteiger partial charge >= 0.3 is 0 Å². The Hall–Kier alpha value is -7.88. The zero-order chi connectivity index (χ0) is 70.8. The van der Waals surface area contributed by atoms with Crippen LogP contribution in [0.3, 0.4) is 0 Å². The molecule has 6 aliphatic rings. The van der Waals surface area contributed by atoms with Crippen molar-refractivity contribution in [2.75, 3.05) is 144 Å².